The summed E-state index contributed by atoms with van der Waals surface area (Å²) in [6, 6.07) is 0. The number of nitrogens with two attached hydrogens (primary N) is 1. The van der Waals surface area contributed by atoms with Gasteiger partial charge in [-0.05, 0) is 50.0 Å². The van der Waals surface area contributed by atoms with Crippen LogP contribution in [0, 0.1) is 5.92 Å². The molecule has 0 spiro atoms. The van der Waals surface area contributed by atoms with Crippen molar-refractivity contribution in [2.75, 3.05) is 18.8 Å². The van der Waals surface area contributed by atoms with E-state index in [1.807, 2.05) is 4.90 Å². The summed E-state index contributed by atoms with van der Waals surface area (Å²) in [5.74, 6) is 0.935. The lowest BCUT2D eigenvalue weighted by atomic mass is 9.97. The molecule has 3 nitrogen and oxygen atoms in total. The number of nitrogens with zero attached hydrogens (tertiary/aromatic N) is 1. The summed E-state index contributed by atoms with van der Waals surface area (Å²) in [6.07, 6.45) is 8.09. The molecule has 0 bridgehead atoms. The van der Waals surface area contributed by atoms with Gasteiger partial charge in [-0.15, -0.1) is 11.3 Å². The van der Waals surface area contributed by atoms with Crippen molar-refractivity contribution in [1.82, 2.24) is 4.90 Å². The SMILES string of the molecule is CC1CCN(C(=O)c2c(N)sc3c2CCCCC3)CC1. The van der Waals surface area contributed by atoms with Gasteiger partial charge in [0.1, 0.15) is 0 Å². The van der Waals surface area contributed by atoms with Gasteiger partial charge in [-0.1, -0.05) is 13.3 Å². The van der Waals surface area contributed by atoms with Gasteiger partial charge >= 0.3 is 0 Å². The van der Waals surface area contributed by atoms with Crippen molar-refractivity contribution in [1.29, 1.82) is 0 Å². The van der Waals surface area contributed by atoms with E-state index in [9.17, 15) is 4.79 Å². The highest BCUT2D eigenvalue weighted by atomic mass is 32.1. The van der Waals surface area contributed by atoms with E-state index < -0.39 is 0 Å². The number of aryl methyl sites for hydroxylation is 1. The molecule has 2 aliphatic rings. The summed E-state index contributed by atoms with van der Waals surface area (Å²) in [7, 11) is 0. The van der Waals surface area contributed by atoms with Crippen molar-refractivity contribution in [3.05, 3.63) is 16.0 Å². The largest absolute Gasteiger partial charge is 0.390 e. The molecular weight excluding hydrogens is 268 g/mol. The lowest BCUT2D eigenvalue weighted by Crippen LogP contribution is -2.38. The number of likely N-dealkylation sites (tertiary alicyclic amines) is 1. The maximum absolute atomic E-state index is 12.8. The van der Waals surface area contributed by atoms with Gasteiger partial charge in [-0.3, -0.25) is 4.79 Å². The monoisotopic (exact) mass is 292 g/mol. The van der Waals surface area contributed by atoms with E-state index in [-0.39, 0.29) is 5.91 Å². The zero-order valence-electron chi connectivity index (χ0n) is 12.3. The topological polar surface area (TPSA) is 46.3 Å². The maximum Gasteiger partial charge on any atom is 0.257 e. The van der Waals surface area contributed by atoms with E-state index in [2.05, 4.69) is 6.92 Å². The molecule has 1 fully saturated rings. The number of amides is 1. The van der Waals surface area contributed by atoms with Crippen LogP contribution in [-0.4, -0.2) is 23.9 Å². The Morgan fingerprint density at radius 3 is 2.65 bits per heavy atom. The molecular formula is C16H24N2OS. The van der Waals surface area contributed by atoms with Crippen molar-refractivity contribution >= 4 is 22.2 Å². The predicted molar refractivity (Wildman–Crippen MR) is 84.3 cm³/mol. The van der Waals surface area contributed by atoms with E-state index in [4.69, 9.17) is 5.73 Å². The van der Waals surface area contributed by atoms with Gasteiger partial charge in [-0.2, -0.15) is 0 Å². The first-order valence-corrected chi connectivity index (χ1v) is 8.67. The van der Waals surface area contributed by atoms with Crippen LogP contribution in [0.1, 0.15) is 59.8 Å². The standard InChI is InChI=1S/C16H24N2OS/c1-11-7-9-18(10-8-11)16(19)14-12-5-3-2-4-6-13(12)20-15(14)17/h11H,2-10,17H2,1H3. The molecule has 0 aromatic carbocycles. The molecule has 2 N–H and O–H groups in total. The Bertz CT molecular complexity index is 501. The van der Waals surface area contributed by atoms with Crippen LogP contribution in [0.15, 0.2) is 0 Å². The van der Waals surface area contributed by atoms with Crippen molar-refractivity contribution in [2.45, 2.75) is 51.9 Å². The number of nitrogen functional groups attached to an aromatic ring is 1. The predicted octanol–water partition coefficient (Wildman–Crippen LogP) is 3.47. The molecule has 0 atom stereocenters. The molecule has 1 aliphatic heterocycles. The Morgan fingerprint density at radius 1 is 1.20 bits per heavy atom. The zero-order valence-corrected chi connectivity index (χ0v) is 13.1. The molecule has 1 aromatic heterocycles. The van der Waals surface area contributed by atoms with Gasteiger partial charge < -0.3 is 10.6 Å². The summed E-state index contributed by atoms with van der Waals surface area (Å²) in [4.78, 5) is 16.2. The van der Waals surface area contributed by atoms with Gasteiger partial charge in [0.05, 0.1) is 10.6 Å². The molecule has 1 aliphatic carbocycles. The van der Waals surface area contributed by atoms with Crippen molar-refractivity contribution in [3.8, 4) is 0 Å². The molecule has 3 rings (SSSR count). The van der Waals surface area contributed by atoms with E-state index >= 15 is 0 Å². The van der Waals surface area contributed by atoms with Crippen LogP contribution < -0.4 is 5.73 Å². The van der Waals surface area contributed by atoms with Crippen LogP contribution in [0.2, 0.25) is 0 Å². The van der Waals surface area contributed by atoms with Gasteiger partial charge in [0, 0.05) is 18.0 Å². The first-order valence-electron chi connectivity index (χ1n) is 7.86. The van der Waals surface area contributed by atoms with Crippen LogP contribution >= 0.6 is 11.3 Å². The van der Waals surface area contributed by atoms with E-state index in [1.165, 1.54) is 29.7 Å². The Labute approximate surface area is 125 Å². The third-order valence-corrected chi connectivity index (χ3v) is 5.85. The van der Waals surface area contributed by atoms with Crippen LogP contribution in [0.4, 0.5) is 5.00 Å². The fourth-order valence-corrected chi connectivity index (χ4v) is 4.52. The summed E-state index contributed by atoms with van der Waals surface area (Å²) < 4.78 is 0. The van der Waals surface area contributed by atoms with Crippen molar-refractivity contribution in [3.63, 3.8) is 0 Å². The fraction of sp³-hybridized carbons (Fsp3) is 0.688. The zero-order chi connectivity index (χ0) is 14.1. The van der Waals surface area contributed by atoms with Gasteiger partial charge in [-0.25, -0.2) is 0 Å². The third kappa shape index (κ3) is 2.58. The number of carbonyl (C=O) groups is 1. The van der Waals surface area contributed by atoms with Gasteiger partial charge in [0.25, 0.3) is 5.91 Å². The fourth-order valence-electron chi connectivity index (χ4n) is 3.37. The van der Waals surface area contributed by atoms with Crippen molar-refractivity contribution in [2.24, 2.45) is 5.92 Å². The number of anilines is 1. The number of hydrogen-bond acceptors (Lipinski definition) is 3. The Morgan fingerprint density at radius 2 is 1.90 bits per heavy atom. The minimum absolute atomic E-state index is 0.189. The first-order chi connectivity index (χ1) is 9.66. The van der Waals surface area contributed by atoms with E-state index in [0.717, 1.165) is 55.3 Å². The van der Waals surface area contributed by atoms with E-state index in [0.29, 0.717) is 0 Å². The number of fused-ring (bicyclic) bond motifs is 1. The lowest BCUT2D eigenvalue weighted by molar-refractivity contribution is 0.0697. The second-order valence-corrected chi connectivity index (χ2v) is 7.42. The number of rotatable bonds is 1. The molecule has 110 valence electrons. The van der Waals surface area contributed by atoms with Crippen LogP contribution in [-0.2, 0) is 12.8 Å². The maximum atomic E-state index is 12.8. The lowest BCUT2D eigenvalue weighted by Gasteiger charge is -2.30. The molecule has 0 radical (unpaired) electrons. The molecule has 2 heterocycles. The molecule has 20 heavy (non-hydrogen) atoms. The summed E-state index contributed by atoms with van der Waals surface area (Å²) in [5.41, 5.74) is 8.30. The van der Waals surface area contributed by atoms with Crippen LogP contribution in [0.5, 0.6) is 0 Å². The van der Waals surface area contributed by atoms with Gasteiger partial charge in [0.15, 0.2) is 0 Å². The number of thiophene rings is 1. The molecule has 1 saturated heterocycles. The first kappa shape index (κ1) is 13.9. The molecule has 4 heteroatoms. The summed E-state index contributed by atoms with van der Waals surface area (Å²) in [5, 5.41) is 0.750. The Balaban J connectivity index is 1.86. The number of piperidine rings is 1. The quantitative estimate of drug-likeness (QED) is 0.806. The highest BCUT2D eigenvalue weighted by Gasteiger charge is 2.28. The molecule has 1 aromatic rings. The Hall–Kier alpha value is -1.03. The highest BCUT2D eigenvalue weighted by Crippen LogP contribution is 2.36. The summed E-state index contributed by atoms with van der Waals surface area (Å²) in [6.45, 7) is 4.06. The Kier molecular flexibility index (Phi) is 4.01. The van der Waals surface area contributed by atoms with Crippen LogP contribution in [0.25, 0.3) is 0 Å². The second kappa shape index (κ2) is 5.76. The normalized spacial score (nSPS) is 20.6. The average molecular weight is 292 g/mol. The average Bonchev–Trinajstić information content (AvgIpc) is 2.60. The van der Waals surface area contributed by atoms with Crippen molar-refractivity contribution < 1.29 is 4.79 Å². The van der Waals surface area contributed by atoms with E-state index in [1.54, 1.807) is 11.3 Å². The van der Waals surface area contributed by atoms with Crippen LogP contribution in [0.3, 0.4) is 0 Å². The minimum Gasteiger partial charge on any atom is -0.390 e. The molecule has 0 saturated carbocycles. The molecule has 0 unspecified atom stereocenters. The smallest absolute Gasteiger partial charge is 0.257 e. The third-order valence-electron chi connectivity index (χ3n) is 4.73. The number of carbonyl (C=O) groups excluding carboxylic acids is 1. The minimum atomic E-state index is 0.189. The molecule has 1 amide bonds. The summed E-state index contributed by atoms with van der Waals surface area (Å²) >= 11 is 1.65. The highest BCUT2D eigenvalue weighted by molar-refractivity contribution is 7.16. The number of hydrogen-bond donors (Lipinski definition) is 1. The van der Waals surface area contributed by atoms with Gasteiger partial charge in [0.2, 0.25) is 0 Å². The second-order valence-electron chi connectivity index (χ2n) is 6.28.